The quantitative estimate of drug-likeness (QED) is 0.208. The molecule has 2 fully saturated rings. The Bertz CT molecular complexity index is 1520. The number of amides is 1. The summed E-state index contributed by atoms with van der Waals surface area (Å²) in [5, 5.41) is 11.3. The molecule has 1 unspecified atom stereocenters. The van der Waals surface area contributed by atoms with E-state index in [4.69, 9.17) is 9.47 Å². The number of rotatable bonds is 4. The van der Waals surface area contributed by atoms with Gasteiger partial charge in [-0.15, -0.1) is 5.10 Å². The lowest BCUT2D eigenvalue weighted by atomic mass is 9.73. The van der Waals surface area contributed by atoms with Crippen LogP contribution in [0.25, 0.3) is 5.69 Å². The van der Waals surface area contributed by atoms with Crippen LogP contribution in [0.5, 0.6) is 0 Å². The van der Waals surface area contributed by atoms with Gasteiger partial charge in [0.15, 0.2) is 0 Å². The molecule has 2 saturated heterocycles. The molecule has 11 nitrogen and oxygen atoms in total. The fourth-order valence-electron chi connectivity index (χ4n) is 6.36. The SMILES string of the molecule is O=CC1(C(=O)N2CCN3C[C@@H](c4ccc5c(c4)CCOC5=O)OC[C@@H]3C2)C=CCc2cc(-n3cnnn3)ccc21. The Morgan fingerprint density at radius 1 is 1.10 bits per heavy atom. The Kier molecular flexibility index (Phi) is 6.05. The molecule has 0 saturated carbocycles. The Hall–Kier alpha value is -4.22. The molecule has 0 N–H and O–H groups in total. The topological polar surface area (TPSA) is 120 Å². The predicted molar refractivity (Wildman–Crippen MR) is 141 cm³/mol. The van der Waals surface area contributed by atoms with Gasteiger partial charge >= 0.3 is 5.97 Å². The van der Waals surface area contributed by atoms with Gasteiger partial charge in [0.2, 0.25) is 5.91 Å². The molecule has 204 valence electrons. The second kappa shape index (κ2) is 9.76. The molecule has 0 spiro atoms. The molecule has 40 heavy (non-hydrogen) atoms. The minimum Gasteiger partial charge on any atom is -0.462 e. The van der Waals surface area contributed by atoms with Gasteiger partial charge in [-0.3, -0.25) is 9.69 Å². The van der Waals surface area contributed by atoms with Crippen molar-refractivity contribution in [3.63, 3.8) is 0 Å². The summed E-state index contributed by atoms with van der Waals surface area (Å²) in [6.07, 6.45) is 7.13. The Labute approximate surface area is 230 Å². The van der Waals surface area contributed by atoms with Gasteiger partial charge < -0.3 is 19.2 Å². The fraction of sp³-hybridized carbons (Fsp3) is 0.379. The minimum absolute atomic E-state index is 0.0412. The van der Waals surface area contributed by atoms with E-state index in [0.717, 1.165) is 28.7 Å². The molecule has 2 aromatic carbocycles. The van der Waals surface area contributed by atoms with E-state index in [2.05, 4.69) is 26.5 Å². The van der Waals surface area contributed by atoms with Crippen LogP contribution in [-0.2, 0) is 37.3 Å². The molecule has 11 heteroatoms. The lowest BCUT2D eigenvalue weighted by Crippen LogP contribution is -2.62. The van der Waals surface area contributed by atoms with E-state index in [1.807, 2.05) is 36.4 Å². The lowest BCUT2D eigenvalue weighted by molar-refractivity contribution is -0.145. The first-order valence-electron chi connectivity index (χ1n) is 13.5. The highest BCUT2D eigenvalue weighted by Crippen LogP contribution is 2.36. The number of nitrogens with zero attached hydrogens (tertiary/aromatic N) is 6. The maximum absolute atomic E-state index is 14.0. The zero-order chi connectivity index (χ0) is 27.3. The number of carbonyl (C=O) groups is 3. The first kappa shape index (κ1) is 24.8. The van der Waals surface area contributed by atoms with Crippen molar-refractivity contribution in [2.75, 3.05) is 39.4 Å². The van der Waals surface area contributed by atoms with Crippen LogP contribution in [0.15, 0.2) is 54.9 Å². The van der Waals surface area contributed by atoms with E-state index in [1.165, 1.54) is 6.33 Å². The zero-order valence-electron chi connectivity index (χ0n) is 21.8. The van der Waals surface area contributed by atoms with E-state index >= 15 is 0 Å². The number of fused-ring (bicyclic) bond motifs is 3. The van der Waals surface area contributed by atoms with E-state index in [9.17, 15) is 14.4 Å². The maximum atomic E-state index is 14.0. The van der Waals surface area contributed by atoms with E-state index < -0.39 is 5.41 Å². The van der Waals surface area contributed by atoms with Gasteiger partial charge in [-0.25, -0.2) is 9.48 Å². The van der Waals surface area contributed by atoms with E-state index in [0.29, 0.717) is 63.4 Å². The number of hydrogen-bond acceptors (Lipinski definition) is 9. The smallest absolute Gasteiger partial charge is 0.338 e. The Morgan fingerprint density at radius 2 is 2.02 bits per heavy atom. The number of benzene rings is 2. The maximum Gasteiger partial charge on any atom is 0.338 e. The molecule has 3 aromatic rings. The number of cyclic esters (lactones) is 1. The third kappa shape index (κ3) is 4.04. The highest BCUT2D eigenvalue weighted by Gasteiger charge is 2.46. The average Bonchev–Trinajstić information content (AvgIpc) is 3.55. The summed E-state index contributed by atoms with van der Waals surface area (Å²) >= 11 is 0. The number of allylic oxidation sites excluding steroid dienone is 1. The van der Waals surface area contributed by atoms with Gasteiger partial charge in [-0.1, -0.05) is 30.4 Å². The molecular weight excluding hydrogens is 512 g/mol. The zero-order valence-corrected chi connectivity index (χ0v) is 21.8. The van der Waals surface area contributed by atoms with Crippen LogP contribution in [0.3, 0.4) is 0 Å². The normalized spacial score (nSPS) is 25.9. The van der Waals surface area contributed by atoms with Crippen molar-refractivity contribution < 1.29 is 23.9 Å². The number of carbonyl (C=O) groups excluding carboxylic acids is 3. The van der Waals surface area contributed by atoms with Crippen LogP contribution >= 0.6 is 0 Å². The number of aromatic nitrogens is 4. The van der Waals surface area contributed by atoms with Gasteiger partial charge in [-0.2, -0.15) is 0 Å². The molecule has 3 atom stereocenters. The first-order valence-corrected chi connectivity index (χ1v) is 13.5. The predicted octanol–water partition coefficient (Wildman–Crippen LogP) is 1.21. The molecule has 0 bridgehead atoms. The van der Waals surface area contributed by atoms with Gasteiger partial charge in [0, 0.05) is 32.6 Å². The molecule has 1 aromatic heterocycles. The monoisotopic (exact) mass is 540 g/mol. The number of hydrogen-bond donors (Lipinski definition) is 0. The number of esters is 1. The average molecular weight is 541 g/mol. The van der Waals surface area contributed by atoms with Crippen LogP contribution < -0.4 is 0 Å². The highest BCUT2D eigenvalue weighted by molar-refractivity contribution is 6.06. The number of aldehydes is 1. The highest BCUT2D eigenvalue weighted by atomic mass is 16.5. The number of piperazine rings is 1. The third-order valence-electron chi connectivity index (χ3n) is 8.51. The van der Waals surface area contributed by atoms with Crippen molar-refractivity contribution in [1.82, 2.24) is 30.0 Å². The van der Waals surface area contributed by atoms with Crippen molar-refractivity contribution in [3.8, 4) is 5.69 Å². The van der Waals surface area contributed by atoms with E-state index in [1.54, 1.807) is 15.7 Å². The molecule has 4 aliphatic rings. The summed E-state index contributed by atoms with van der Waals surface area (Å²) in [7, 11) is 0. The number of ether oxygens (including phenoxy) is 2. The van der Waals surface area contributed by atoms with Crippen LogP contribution in [0, 0.1) is 0 Å². The van der Waals surface area contributed by atoms with Gasteiger partial charge in [0.25, 0.3) is 0 Å². The molecular formula is C29H28N6O5. The molecule has 7 rings (SSSR count). The molecule has 1 aliphatic carbocycles. The standard InChI is InChI=1S/C29H28N6O5/c36-17-29(8-1-2-20-13-22(4-6-25(20)29)35-18-30-31-32-35)28(38)34-10-9-33-15-26(40-16-23(33)14-34)21-3-5-24-19(12-21)7-11-39-27(24)37/h1,3-6,8,12-13,17-18,23,26H,2,7,9-11,14-16H2/t23-,26-,29?/m0/s1. The third-order valence-corrected chi connectivity index (χ3v) is 8.51. The van der Waals surface area contributed by atoms with Crippen LogP contribution in [0.2, 0.25) is 0 Å². The van der Waals surface area contributed by atoms with Crippen LogP contribution in [0.1, 0.15) is 38.7 Å². The fourth-order valence-corrected chi connectivity index (χ4v) is 6.36. The summed E-state index contributed by atoms with van der Waals surface area (Å²) in [5.74, 6) is -0.479. The Morgan fingerprint density at radius 3 is 2.88 bits per heavy atom. The second-order valence-corrected chi connectivity index (χ2v) is 10.7. The minimum atomic E-state index is -1.36. The number of morpholine rings is 1. The summed E-state index contributed by atoms with van der Waals surface area (Å²) in [6.45, 7) is 3.29. The van der Waals surface area contributed by atoms with Crippen LogP contribution in [-0.4, -0.2) is 93.6 Å². The van der Waals surface area contributed by atoms with Crippen molar-refractivity contribution >= 4 is 18.2 Å². The number of tetrazole rings is 1. The van der Waals surface area contributed by atoms with Crippen molar-refractivity contribution in [2.45, 2.75) is 30.4 Å². The van der Waals surface area contributed by atoms with Crippen molar-refractivity contribution in [3.05, 3.63) is 82.7 Å². The lowest BCUT2D eigenvalue weighted by Gasteiger charge is -2.47. The second-order valence-electron chi connectivity index (χ2n) is 10.7. The molecule has 3 aliphatic heterocycles. The van der Waals surface area contributed by atoms with Crippen LogP contribution in [0.4, 0.5) is 0 Å². The van der Waals surface area contributed by atoms with Crippen molar-refractivity contribution in [1.29, 1.82) is 0 Å². The summed E-state index contributed by atoms with van der Waals surface area (Å²) in [6, 6.07) is 11.5. The molecule has 1 amide bonds. The molecule has 0 radical (unpaired) electrons. The summed E-state index contributed by atoms with van der Waals surface area (Å²) in [5.41, 5.74) is 3.69. The van der Waals surface area contributed by atoms with Crippen molar-refractivity contribution in [2.24, 2.45) is 0 Å². The largest absolute Gasteiger partial charge is 0.462 e. The Balaban J connectivity index is 1.07. The summed E-state index contributed by atoms with van der Waals surface area (Å²) < 4.78 is 13.0. The first-order chi connectivity index (χ1) is 19.6. The van der Waals surface area contributed by atoms with Gasteiger partial charge in [0.05, 0.1) is 36.6 Å². The van der Waals surface area contributed by atoms with Gasteiger partial charge in [-0.05, 0) is 57.3 Å². The molecule has 4 heterocycles. The summed E-state index contributed by atoms with van der Waals surface area (Å²) in [4.78, 5) is 42.8. The van der Waals surface area contributed by atoms with E-state index in [-0.39, 0.29) is 24.0 Å². The van der Waals surface area contributed by atoms with Gasteiger partial charge in [0.1, 0.15) is 18.0 Å².